The molecule has 4 aromatic rings. The zero-order valence-electron chi connectivity index (χ0n) is 15.9. The van der Waals surface area contributed by atoms with Gasteiger partial charge in [0.15, 0.2) is 0 Å². The van der Waals surface area contributed by atoms with Crippen LogP contribution in [-0.4, -0.2) is 46.3 Å². The highest BCUT2D eigenvalue weighted by atomic mass is 32.1. The quantitative estimate of drug-likeness (QED) is 0.506. The summed E-state index contributed by atoms with van der Waals surface area (Å²) in [4.78, 5) is 6.65. The molecule has 1 aliphatic heterocycles. The highest BCUT2D eigenvalue weighted by molar-refractivity contribution is 7.80. The third kappa shape index (κ3) is 2.80. The molecule has 0 unspecified atom stereocenters. The average molecular weight is 391 g/mol. The van der Waals surface area contributed by atoms with Crippen molar-refractivity contribution in [2.24, 2.45) is 0 Å². The van der Waals surface area contributed by atoms with Gasteiger partial charge in [-0.15, -0.1) is 0 Å². The molecule has 0 aliphatic carbocycles. The molecule has 1 aliphatic rings. The van der Waals surface area contributed by atoms with E-state index in [1.807, 2.05) is 13.8 Å². The van der Waals surface area contributed by atoms with E-state index in [9.17, 15) is 0 Å². The Balaban J connectivity index is 1.58. The molecule has 0 bridgehead atoms. The molecule has 5 nitrogen and oxygen atoms in total. The van der Waals surface area contributed by atoms with Crippen LogP contribution >= 0.6 is 12.2 Å². The molecule has 5 rings (SSSR count). The smallest absolute Gasteiger partial charge is 0.141 e. The number of thiocarbonyl (C=S) groups is 1. The van der Waals surface area contributed by atoms with E-state index in [4.69, 9.17) is 21.5 Å². The molecule has 0 spiro atoms. The van der Waals surface area contributed by atoms with E-state index in [2.05, 4.69) is 51.4 Å². The van der Waals surface area contributed by atoms with E-state index in [1.54, 1.807) is 0 Å². The van der Waals surface area contributed by atoms with Crippen LogP contribution in [0, 0.1) is 13.8 Å². The minimum absolute atomic E-state index is 0.735. The number of ether oxygens (including phenoxy) is 1. The second-order valence-corrected chi connectivity index (χ2v) is 7.64. The Morgan fingerprint density at radius 2 is 1.86 bits per heavy atom. The summed E-state index contributed by atoms with van der Waals surface area (Å²) in [6.07, 6.45) is 0. The number of aromatic nitrogens is 2. The second-order valence-electron chi connectivity index (χ2n) is 7.25. The summed E-state index contributed by atoms with van der Waals surface area (Å²) >= 11 is 5.73. The van der Waals surface area contributed by atoms with Crippen molar-refractivity contribution in [3.8, 4) is 11.1 Å². The van der Waals surface area contributed by atoms with Gasteiger partial charge in [-0.05, 0) is 37.6 Å². The Hall–Kier alpha value is -2.70. The Morgan fingerprint density at radius 1 is 1.04 bits per heavy atom. The maximum absolute atomic E-state index is 5.73. The molecule has 2 aromatic carbocycles. The molecule has 0 radical (unpaired) electrons. The maximum Gasteiger partial charge on any atom is 0.141 e. The van der Waals surface area contributed by atoms with E-state index in [0.29, 0.717) is 0 Å². The van der Waals surface area contributed by atoms with Gasteiger partial charge < -0.3 is 19.1 Å². The fourth-order valence-corrected chi connectivity index (χ4v) is 4.35. The van der Waals surface area contributed by atoms with Crippen LogP contribution in [0.15, 0.2) is 40.9 Å². The van der Waals surface area contributed by atoms with E-state index in [-0.39, 0.29) is 0 Å². The summed E-state index contributed by atoms with van der Waals surface area (Å²) in [6, 6.07) is 12.9. The van der Waals surface area contributed by atoms with Gasteiger partial charge in [0, 0.05) is 46.0 Å². The van der Waals surface area contributed by atoms with Crippen LogP contribution in [0.5, 0.6) is 0 Å². The van der Waals surface area contributed by atoms with Gasteiger partial charge in [0.25, 0.3) is 0 Å². The van der Waals surface area contributed by atoms with Gasteiger partial charge in [-0.1, -0.05) is 35.6 Å². The first-order valence-electron chi connectivity index (χ1n) is 9.47. The SMILES string of the molecule is Cc1noc(C)c1-c1ccc2[nH]c3cc(C(=S)N4CCOCC4)ccc3c2c1. The molecule has 0 atom stereocenters. The van der Waals surface area contributed by atoms with Crippen molar-refractivity contribution in [1.82, 2.24) is 15.0 Å². The van der Waals surface area contributed by atoms with E-state index in [0.717, 1.165) is 70.5 Å². The van der Waals surface area contributed by atoms with Gasteiger partial charge in [0.05, 0.1) is 18.9 Å². The predicted molar refractivity (Wildman–Crippen MR) is 115 cm³/mol. The summed E-state index contributed by atoms with van der Waals surface area (Å²) in [7, 11) is 0. The van der Waals surface area contributed by atoms with Crippen LogP contribution in [0.2, 0.25) is 0 Å². The number of hydrogen-bond acceptors (Lipinski definition) is 4. The lowest BCUT2D eigenvalue weighted by Gasteiger charge is -2.29. The first-order valence-corrected chi connectivity index (χ1v) is 9.88. The van der Waals surface area contributed by atoms with Crippen molar-refractivity contribution >= 4 is 39.0 Å². The van der Waals surface area contributed by atoms with Crippen LogP contribution < -0.4 is 0 Å². The fourth-order valence-electron chi connectivity index (χ4n) is 4.04. The second kappa shape index (κ2) is 6.72. The summed E-state index contributed by atoms with van der Waals surface area (Å²) in [5.74, 6) is 0.842. The molecule has 3 heterocycles. The molecule has 28 heavy (non-hydrogen) atoms. The zero-order valence-corrected chi connectivity index (χ0v) is 16.7. The minimum atomic E-state index is 0.735. The number of rotatable bonds is 2. The van der Waals surface area contributed by atoms with Gasteiger partial charge in [-0.25, -0.2) is 0 Å². The van der Waals surface area contributed by atoms with Crippen LogP contribution in [-0.2, 0) is 4.74 Å². The molecule has 1 saturated heterocycles. The Labute approximate surface area is 168 Å². The van der Waals surface area contributed by atoms with Crippen LogP contribution in [0.3, 0.4) is 0 Å². The Kier molecular flexibility index (Phi) is 4.18. The van der Waals surface area contributed by atoms with E-state index < -0.39 is 0 Å². The first-order chi connectivity index (χ1) is 13.6. The molecule has 1 N–H and O–H groups in total. The van der Waals surface area contributed by atoms with Gasteiger partial charge in [0.2, 0.25) is 0 Å². The number of benzene rings is 2. The normalized spacial score (nSPS) is 14.9. The van der Waals surface area contributed by atoms with E-state index >= 15 is 0 Å². The van der Waals surface area contributed by atoms with Gasteiger partial charge in [-0.2, -0.15) is 0 Å². The topological polar surface area (TPSA) is 54.3 Å². The molecule has 0 amide bonds. The highest BCUT2D eigenvalue weighted by Crippen LogP contribution is 2.33. The minimum Gasteiger partial charge on any atom is -0.378 e. The lowest BCUT2D eigenvalue weighted by atomic mass is 10.0. The molecule has 0 saturated carbocycles. The molecule has 1 fully saturated rings. The van der Waals surface area contributed by atoms with Crippen molar-refractivity contribution in [3.05, 3.63) is 53.4 Å². The largest absolute Gasteiger partial charge is 0.378 e. The summed E-state index contributed by atoms with van der Waals surface area (Å²) < 4.78 is 10.8. The molecular formula is C22H21N3O2S. The number of aryl methyl sites for hydroxylation is 2. The highest BCUT2D eigenvalue weighted by Gasteiger charge is 2.17. The maximum atomic E-state index is 5.73. The summed E-state index contributed by atoms with van der Waals surface area (Å²) in [5.41, 5.74) is 6.38. The van der Waals surface area contributed by atoms with E-state index in [1.165, 1.54) is 10.8 Å². The Bertz CT molecular complexity index is 1180. The lowest BCUT2D eigenvalue weighted by molar-refractivity contribution is 0.0693. The van der Waals surface area contributed by atoms with Crippen LogP contribution in [0.4, 0.5) is 0 Å². The third-order valence-corrected chi connectivity index (χ3v) is 5.96. The third-order valence-electron chi connectivity index (χ3n) is 5.47. The Morgan fingerprint density at radius 3 is 2.61 bits per heavy atom. The number of H-pyrrole nitrogens is 1. The fraction of sp³-hybridized carbons (Fsp3) is 0.273. The van der Waals surface area contributed by atoms with Crippen molar-refractivity contribution in [2.45, 2.75) is 13.8 Å². The van der Waals surface area contributed by atoms with Crippen molar-refractivity contribution in [3.63, 3.8) is 0 Å². The molecule has 6 heteroatoms. The molecule has 142 valence electrons. The van der Waals surface area contributed by atoms with Crippen molar-refractivity contribution < 1.29 is 9.26 Å². The standard InChI is InChI=1S/C22H21N3O2S/c1-13-21(14(2)27-24-13)15-4-6-19-18(11-15)17-5-3-16(12-20(17)23-19)22(28)25-7-9-26-10-8-25/h3-6,11-12,23H,7-10H2,1-2H3. The van der Waals surface area contributed by atoms with Gasteiger partial charge in [0.1, 0.15) is 10.7 Å². The summed E-state index contributed by atoms with van der Waals surface area (Å²) in [6.45, 7) is 7.10. The van der Waals surface area contributed by atoms with Gasteiger partial charge >= 0.3 is 0 Å². The predicted octanol–water partition coefficient (Wildman–Crippen LogP) is 4.60. The lowest BCUT2D eigenvalue weighted by Crippen LogP contribution is -2.40. The van der Waals surface area contributed by atoms with Crippen molar-refractivity contribution in [1.29, 1.82) is 0 Å². The van der Waals surface area contributed by atoms with Crippen LogP contribution in [0.25, 0.3) is 32.9 Å². The first kappa shape index (κ1) is 17.4. The summed E-state index contributed by atoms with van der Waals surface area (Å²) in [5, 5.41) is 6.47. The zero-order chi connectivity index (χ0) is 19.3. The number of fused-ring (bicyclic) bond motifs is 3. The number of nitrogens with one attached hydrogen (secondary N) is 1. The average Bonchev–Trinajstić information content (AvgIpc) is 3.26. The van der Waals surface area contributed by atoms with Gasteiger partial charge in [-0.3, -0.25) is 0 Å². The molecule has 2 aromatic heterocycles. The number of hydrogen-bond donors (Lipinski definition) is 1. The van der Waals surface area contributed by atoms with Crippen LogP contribution in [0.1, 0.15) is 17.0 Å². The molecular weight excluding hydrogens is 370 g/mol. The van der Waals surface area contributed by atoms with Crippen molar-refractivity contribution in [2.75, 3.05) is 26.3 Å². The number of aromatic amines is 1. The monoisotopic (exact) mass is 391 g/mol. The number of nitrogens with zero attached hydrogens (tertiary/aromatic N) is 2. The number of morpholine rings is 1.